The predicted octanol–water partition coefficient (Wildman–Crippen LogP) is 4.73. The molecule has 0 aromatic heterocycles. The van der Waals surface area contributed by atoms with Gasteiger partial charge in [-0.15, -0.1) is 0 Å². The molecule has 0 saturated heterocycles. The van der Waals surface area contributed by atoms with E-state index < -0.39 is 28.5 Å². The van der Waals surface area contributed by atoms with E-state index in [1.165, 1.54) is 21.3 Å². The standard InChI is InChI=1S/C31H39N3O4S/c1-23(2)21-32-31(36)26(5)33(19-18-27-12-8-6-9-13-27)30(35)22-34(29-20-24(3)16-17-25(29)4)39(37,38)28-14-10-7-11-15-28/h6-17,20,23,26H,18-19,21-22H2,1-5H3,(H,32,36)/t26-/m1/s1. The molecule has 208 valence electrons. The van der Waals surface area contributed by atoms with Crippen molar-refractivity contribution in [3.63, 3.8) is 0 Å². The van der Waals surface area contributed by atoms with Crippen LogP contribution in [0.4, 0.5) is 5.69 Å². The fourth-order valence-corrected chi connectivity index (χ4v) is 5.74. The van der Waals surface area contributed by atoms with E-state index in [9.17, 15) is 18.0 Å². The van der Waals surface area contributed by atoms with Crippen molar-refractivity contribution >= 4 is 27.5 Å². The van der Waals surface area contributed by atoms with Crippen LogP contribution in [-0.2, 0) is 26.0 Å². The lowest BCUT2D eigenvalue weighted by molar-refractivity contribution is -0.138. The van der Waals surface area contributed by atoms with Crippen molar-refractivity contribution in [2.45, 2.75) is 52.0 Å². The van der Waals surface area contributed by atoms with Crippen LogP contribution in [0, 0.1) is 19.8 Å². The van der Waals surface area contributed by atoms with Crippen LogP contribution < -0.4 is 9.62 Å². The quantitative estimate of drug-likeness (QED) is 0.354. The molecule has 2 amide bonds. The molecular formula is C31H39N3O4S. The minimum Gasteiger partial charge on any atom is -0.354 e. The van der Waals surface area contributed by atoms with Gasteiger partial charge in [-0.2, -0.15) is 0 Å². The van der Waals surface area contributed by atoms with Gasteiger partial charge in [0.2, 0.25) is 11.8 Å². The Balaban J connectivity index is 1.99. The Hall–Kier alpha value is -3.65. The second kappa shape index (κ2) is 13.4. The van der Waals surface area contributed by atoms with Crippen LogP contribution in [0.15, 0.2) is 83.8 Å². The summed E-state index contributed by atoms with van der Waals surface area (Å²) in [5.74, 6) is -0.460. The molecule has 0 spiro atoms. The molecule has 0 aliphatic heterocycles. The molecule has 8 heteroatoms. The number of benzene rings is 3. The first-order chi connectivity index (χ1) is 18.5. The second-order valence-corrected chi connectivity index (χ2v) is 12.1. The lowest BCUT2D eigenvalue weighted by atomic mass is 10.1. The van der Waals surface area contributed by atoms with Crippen molar-refractivity contribution in [2.75, 3.05) is 23.9 Å². The highest BCUT2D eigenvalue weighted by Gasteiger charge is 2.33. The zero-order chi connectivity index (χ0) is 28.6. The van der Waals surface area contributed by atoms with Crippen LogP contribution in [0.2, 0.25) is 0 Å². The van der Waals surface area contributed by atoms with Gasteiger partial charge in [0.15, 0.2) is 0 Å². The molecule has 7 nitrogen and oxygen atoms in total. The summed E-state index contributed by atoms with van der Waals surface area (Å²) < 4.78 is 28.9. The van der Waals surface area contributed by atoms with E-state index >= 15 is 0 Å². The summed E-state index contributed by atoms with van der Waals surface area (Å²) in [4.78, 5) is 28.6. The number of nitrogens with one attached hydrogen (secondary N) is 1. The molecule has 39 heavy (non-hydrogen) atoms. The van der Waals surface area contributed by atoms with Gasteiger partial charge in [-0.05, 0) is 68.0 Å². The minimum absolute atomic E-state index is 0.0947. The average molecular weight is 550 g/mol. The van der Waals surface area contributed by atoms with Gasteiger partial charge in [-0.25, -0.2) is 8.42 Å². The molecule has 0 fully saturated rings. The Bertz CT molecular complexity index is 1360. The van der Waals surface area contributed by atoms with Crippen molar-refractivity contribution in [2.24, 2.45) is 5.92 Å². The largest absolute Gasteiger partial charge is 0.354 e. The highest BCUT2D eigenvalue weighted by molar-refractivity contribution is 7.92. The molecule has 0 heterocycles. The molecule has 3 aromatic carbocycles. The van der Waals surface area contributed by atoms with E-state index in [-0.39, 0.29) is 23.3 Å². The first-order valence-electron chi connectivity index (χ1n) is 13.3. The van der Waals surface area contributed by atoms with Crippen molar-refractivity contribution in [3.05, 3.63) is 95.6 Å². The lowest BCUT2D eigenvalue weighted by Gasteiger charge is -2.32. The monoisotopic (exact) mass is 549 g/mol. The normalized spacial score (nSPS) is 12.2. The van der Waals surface area contributed by atoms with E-state index in [1.807, 2.05) is 70.2 Å². The van der Waals surface area contributed by atoms with Crippen LogP contribution in [0.5, 0.6) is 0 Å². The van der Waals surface area contributed by atoms with Gasteiger partial charge in [-0.3, -0.25) is 13.9 Å². The Kier molecular flexibility index (Phi) is 10.3. The van der Waals surface area contributed by atoms with Gasteiger partial charge in [0.25, 0.3) is 10.0 Å². The fraction of sp³-hybridized carbons (Fsp3) is 0.355. The molecule has 0 aliphatic rings. The van der Waals surface area contributed by atoms with Crippen LogP contribution in [0.25, 0.3) is 0 Å². The van der Waals surface area contributed by atoms with Crippen LogP contribution in [0.1, 0.15) is 37.5 Å². The van der Waals surface area contributed by atoms with Gasteiger partial charge < -0.3 is 10.2 Å². The van der Waals surface area contributed by atoms with Gasteiger partial charge in [0.1, 0.15) is 12.6 Å². The highest BCUT2D eigenvalue weighted by atomic mass is 32.2. The van der Waals surface area contributed by atoms with Crippen molar-refractivity contribution in [1.82, 2.24) is 10.2 Å². The second-order valence-electron chi connectivity index (χ2n) is 10.3. The Labute approximate surface area is 232 Å². The maximum Gasteiger partial charge on any atom is 0.264 e. The summed E-state index contributed by atoms with van der Waals surface area (Å²) in [6.07, 6.45) is 0.531. The molecule has 3 aromatic rings. The Morgan fingerprint density at radius 2 is 1.49 bits per heavy atom. The summed E-state index contributed by atoms with van der Waals surface area (Å²) in [5.41, 5.74) is 3.06. The van der Waals surface area contributed by atoms with E-state index in [1.54, 1.807) is 31.2 Å². The van der Waals surface area contributed by atoms with Crippen LogP contribution in [0.3, 0.4) is 0 Å². The van der Waals surface area contributed by atoms with E-state index in [0.717, 1.165) is 16.7 Å². The molecule has 0 bridgehead atoms. The topological polar surface area (TPSA) is 86.8 Å². The number of hydrogen-bond donors (Lipinski definition) is 1. The van der Waals surface area contributed by atoms with E-state index in [0.29, 0.717) is 18.7 Å². The zero-order valence-electron chi connectivity index (χ0n) is 23.4. The lowest BCUT2D eigenvalue weighted by Crippen LogP contribution is -2.52. The third-order valence-electron chi connectivity index (χ3n) is 6.58. The molecule has 0 unspecified atom stereocenters. The number of nitrogens with zero attached hydrogens (tertiary/aromatic N) is 2. The summed E-state index contributed by atoms with van der Waals surface area (Å²) in [6, 6.07) is 22.6. The third kappa shape index (κ3) is 7.93. The van der Waals surface area contributed by atoms with Gasteiger partial charge in [-0.1, -0.05) is 74.5 Å². The predicted molar refractivity (Wildman–Crippen MR) is 156 cm³/mol. The summed E-state index contributed by atoms with van der Waals surface area (Å²) >= 11 is 0. The summed E-state index contributed by atoms with van der Waals surface area (Å²) in [6.45, 7) is 9.71. The van der Waals surface area contributed by atoms with Crippen molar-refractivity contribution in [1.29, 1.82) is 0 Å². The van der Waals surface area contributed by atoms with E-state index in [2.05, 4.69) is 5.32 Å². The van der Waals surface area contributed by atoms with Gasteiger partial charge in [0.05, 0.1) is 10.6 Å². The van der Waals surface area contributed by atoms with Crippen LogP contribution in [-0.4, -0.2) is 50.8 Å². The molecule has 0 saturated carbocycles. The molecule has 1 atom stereocenters. The first-order valence-corrected chi connectivity index (χ1v) is 14.7. The molecule has 0 aliphatic carbocycles. The van der Waals surface area contributed by atoms with E-state index in [4.69, 9.17) is 0 Å². The number of rotatable bonds is 12. The maximum absolute atomic E-state index is 13.9. The highest BCUT2D eigenvalue weighted by Crippen LogP contribution is 2.28. The molecule has 3 rings (SSSR count). The number of sulfonamides is 1. The number of hydrogen-bond acceptors (Lipinski definition) is 4. The number of carbonyl (C=O) groups excluding carboxylic acids is 2. The number of aryl methyl sites for hydroxylation is 2. The first kappa shape index (κ1) is 29.9. The third-order valence-corrected chi connectivity index (χ3v) is 8.35. The van der Waals surface area contributed by atoms with Gasteiger partial charge >= 0.3 is 0 Å². The Morgan fingerprint density at radius 3 is 2.10 bits per heavy atom. The Morgan fingerprint density at radius 1 is 0.872 bits per heavy atom. The molecule has 0 radical (unpaired) electrons. The van der Waals surface area contributed by atoms with Crippen molar-refractivity contribution in [3.8, 4) is 0 Å². The zero-order valence-corrected chi connectivity index (χ0v) is 24.2. The number of amides is 2. The van der Waals surface area contributed by atoms with Crippen molar-refractivity contribution < 1.29 is 18.0 Å². The SMILES string of the molecule is Cc1ccc(C)c(N(CC(=O)N(CCc2ccccc2)[C@H](C)C(=O)NCC(C)C)S(=O)(=O)c2ccccc2)c1. The number of anilines is 1. The number of carbonyl (C=O) groups is 2. The minimum atomic E-state index is -4.07. The maximum atomic E-state index is 13.9. The van der Waals surface area contributed by atoms with Gasteiger partial charge in [0, 0.05) is 13.1 Å². The molecule has 1 N–H and O–H groups in total. The fourth-order valence-electron chi connectivity index (χ4n) is 4.24. The average Bonchev–Trinajstić information content (AvgIpc) is 2.92. The molecular weight excluding hydrogens is 510 g/mol. The summed E-state index contributed by atoms with van der Waals surface area (Å²) in [5, 5.41) is 2.91. The smallest absolute Gasteiger partial charge is 0.264 e. The van der Waals surface area contributed by atoms with Crippen LogP contribution >= 0.6 is 0 Å². The summed E-state index contributed by atoms with van der Waals surface area (Å²) in [7, 11) is -4.07.